The van der Waals surface area contributed by atoms with Gasteiger partial charge in [-0.1, -0.05) is 33.3 Å². The molecule has 1 N–H and O–H groups in total. The molecule has 0 radical (unpaired) electrons. The summed E-state index contributed by atoms with van der Waals surface area (Å²) in [5.74, 6) is 0.721. The Morgan fingerprint density at radius 3 is 2.52 bits per heavy atom. The zero-order valence-electron chi connectivity index (χ0n) is 14.7. The maximum absolute atomic E-state index is 12.2. The zero-order valence-corrected chi connectivity index (χ0v) is 14.7. The molecule has 0 aromatic heterocycles. The van der Waals surface area contributed by atoms with Gasteiger partial charge in [-0.15, -0.1) is 0 Å². The van der Waals surface area contributed by atoms with Crippen LogP contribution in [0.25, 0.3) is 0 Å². The van der Waals surface area contributed by atoms with Gasteiger partial charge in [0.15, 0.2) is 0 Å². The predicted molar refractivity (Wildman–Crippen MR) is 89.8 cm³/mol. The molecule has 0 heterocycles. The third-order valence-corrected chi connectivity index (χ3v) is 7.62. The van der Waals surface area contributed by atoms with Gasteiger partial charge in [0.2, 0.25) is 0 Å². The molecule has 2 fully saturated rings. The van der Waals surface area contributed by atoms with E-state index in [1.165, 1.54) is 12.8 Å². The highest BCUT2D eigenvalue weighted by atomic mass is 16.3. The summed E-state index contributed by atoms with van der Waals surface area (Å²) >= 11 is 0. The molecule has 2 saturated carbocycles. The Labute approximate surface area is 139 Å². The van der Waals surface area contributed by atoms with Crippen LogP contribution in [0.5, 0.6) is 0 Å². The van der Waals surface area contributed by atoms with Crippen molar-refractivity contribution in [2.45, 2.75) is 71.8 Å². The quantitative estimate of drug-likeness (QED) is 0.790. The van der Waals surface area contributed by atoms with E-state index >= 15 is 0 Å². The molecule has 0 amide bonds. The fraction of sp³-hybridized carbons (Fsp3) is 0.800. The normalized spacial score (nSPS) is 45.9. The fourth-order valence-corrected chi connectivity index (χ4v) is 6.46. The van der Waals surface area contributed by atoms with Crippen LogP contribution in [0.4, 0.5) is 0 Å². The molecule has 3 unspecified atom stereocenters. The van der Waals surface area contributed by atoms with Gasteiger partial charge >= 0.3 is 0 Å². The molecule has 23 heavy (non-hydrogen) atoms. The third-order valence-electron chi connectivity index (χ3n) is 7.62. The Hall–Kier alpha value is -0.960. The Morgan fingerprint density at radius 2 is 1.87 bits per heavy atom. The van der Waals surface area contributed by atoms with Crippen LogP contribution in [0.1, 0.15) is 65.7 Å². The Balaban J connectivity index is 2.08. The van der Waals surface area contributed by atoms with E-state index in [2.05, 4.69) is 20.8 Å². The van der Waals surface area contributed by atoms with Crippen molar-refractivity contribution in [2.75, 3.05) is 0 Å². The maximum atomic E-state index is 12.2. The summed E-state index contributed by atoms with van der Waals surface area (Å²) in [4.78, 5) is 23.4. The fourth-order valence-electron chi connectivity index (χ4n) is 6.46. The van der Waals surface area contributed by atoms with Crippen molar-refractivity contribution in [1.29, 1.82) is 0 Å². The highest BCUT2D eigenvalue weighted by molar-refractivity contribution is 5.74. The third kappa shape index (κ3) is 2.34. The summed E-state index contributed by atoms with van der Waals surface area (Å²) in [6.45, 7) is 7.07. The highest BCUT2D eigenvalue weighted by Crippen LogP contribution is 2.66. The minimum atomic E-state index is -0.730. The van der Waals surface area contributed by atoms with Gasteiger partial charge in [-0.25, -0.2) is 0 Å². The second-order valence-electron chi connectivity index (χ2n) is 9.07. The molecule has 3 nitrogen and oxygen atoms in total. The Morgan fingerprint density at radius 1 is 1.13 bits per heavy atom. The molecule has 0 aromatic rings. The molecule has 0 aromatic carbocycles. The van der Waals surface area contributed by atoms with Gasteiger partial charge in [-0.05, 0) is 60.3 Å². The number of fused-ring (bicyclic) bond motifs is 3. The molecule has 128 valence electrons. The zero-order chi connectivity index (χ0) is 16.9. The van der Waals surface area contributed by atoms with E-state index in [0.29, 0.717) is 17.9 Å². The average Bonchev–Trinajstić information content (AvgIpc) is 2.64. The van der Waals surface area contributed by atoms with Crippen molar-refractivity contribution < 1.29 is 14.7 Å². The van der Waals surface area contributed by atoms with Crippen LogP contribution in [0, 0.1) is 28.1 Å². The first kappa shape index (κ1) is 16.9. The molecule has 5 atom stereocenters. The topological polar surface area (TPSA) is 54.4 Å². The standard InChI is InChI=1S/C20H30O3/c1-18(2)8-4-9-19(3)15(18)7-10-20(13-22)16(19)6-5-14(12-21)11-17(20)23/h5,12-13,15-17,23H,4,6-11H2,1-3H3/t15?,16?,17?,19-,20-/m0/s1. The van der Waals surface area contributed by atoms with Gasteiger partial charge < -0.3 is 9.90 Å². The van der Waals surface area contributed by atoms with E-state index in [-0.39, 0.29) is 16.7 Å². The number of allylic oxidation sites excluding steroid dienone is 1. The maximum Gasteiger partial charge on any atom is 0.145 e. The smallest absolute Gasteiger partial charge is 0.145 e. The SMILES string of the molecule is CC1(C)CCC[C@@]2(C)C1CC[C@@]1(C=O)C(O)CC(C=O)=CCC21. The first-order chi connectivity index (χ1) is 10.8. The molecule has 0 spiro atoms. The van der Waals surface area contributed by atoms with E-state index in [1.54, 1.807) is 0 Å². The van der Waals surface area contributed by atoms with Crippen molar-refractivity contribution in [2.24, 2.45) is 28.1 Å². The summed E-state index contributed by atoms with van der Waals surface area (Å²) in [6.07, 6.45) is 9.52. The number of aliphatic hydroxyl groups excluding tert-OH is 1. The number of hydrogen-bond donors (Lipinski definition) is 1. The number of carbonyl (C=O) groups is 2. The van der Waals surface area contributed by atoms with E-state index in [9.17, 15) is 14.7 Å². The van der Waals surface area contributed by atoms with E-state index < -0.39 is 11.5 Å². The monoisotopic (exact) mass is 318 g/mol. The van der Waals surface area contributed by atoms with Crippen LogP contribution in [0.3, 0.4) is 0 Å². The Kier molecular flexibility index (Phi) is 4.07. The molecule has 3 rings (SSSR count). The molecule has 0 bridgehead atoms. The Bertz CT molecular complexity index is 535. The number of carbonyl (C=O) groups excluding carboxylic acids is 2. The summed E-state index contributed by atoms with van der Waals surface area (Å²) in [5, 5.41) is 10.8. The van der Waals surface area contributed by atoms with Crippen molar-refractivity contribution in [3.8, 4) is 0 Å². The van der Waals surface area contributed by atoms with Gasteiger partial charge in [-0.3, -0.25) is 4.79 Å². The van der Waals surface area contributed by atoms with Crippen molar-refractivity contribution in [3.05, 3.63) is 11.6 Å². The lowest BCUT2D eigenvalue weighted by atomic mass is 9.42. The van der Waals surface area contributed by atoms with Gasteiger partial charge in [0.1, 0.15) is 12.6 Å². The minimum absolute atomic E-state index is 0.0662. The van der Waals surface area contributed by atoms with Crippen LogP contribution in [0.2, 0.25) is 0 Å². The van der Waals surface area contributed by atoms with Gasteiger partial charge in [0, 0.05) is 6.42 Å². The summed E-state index contributed by atoms with van der Waals surface area (Å²) in [5.41, 5.74) is 0.330. The number of hydrogen-bond acceptors (Lipinski definition) is 3. The first-order valence-corrected chi connectivity index (χ1v) is 9.09. The van der Waals surface area contributed by atoms with Gasteiger partial charge in [-0.2, -0.15) is 0 Å². The lowest BCUT2D eigenvalue weighted by Crippen LogP contribution is -2.59. The number of aldehydes is 2. The molecular formula is C20H30O3. The lowest BCUT2D eigenvalue weighted by molar-refractivity contribution is -0.170. The van der Waals surface area contributed by atoms with Crippen LogP contribution in [-0.2, 0) is 9.59 Å². The van der Waals surface area contributed by atoms with E-state index in [4.69, 9.17) is 0 Å². The first-order valence-electron chi connectivity index (χ1n) is 9.09. The highest BCUT2D eigenvalue weighted by Gasteiger charge is 2.61. The lowest BCUT2D eigenvalue weighted by Gasteiger charge is -2.62. The molecule has 3 aliphatic rings. The van der Waals surface area contributed by atoms with E-state index in [1.807, 2.05) is 6.08 Å². The molecular weight excluding hydrogens is 288 g/mol. The predicted octanol–water partition coefficient (Wildman–Crippen LogP) is 3.69. The summed E-state index contributed by atoms with van der Waals surface area (Å²) < 4.78 is 0. The molecule has 3 aliphatic carbocycles. The summed E-state index contributed by atoms with van der Waals surface area (Å²) in [7, 11) is 0. The second-order valence-corrected chi connectivity index (χ2v) is 9.07. The number of rotatable bonds is 2. The van der Waals surface area contributed by atoms with Crippen LogP contribution < -0.4 is 0 Å². The second kappa shape index (κ2) is 5.54. The van der Waals surface area contributed by atoms with Crippen LogP contribution in [0.15, 0.2) is 11.6 Å². The molecule has 0 saturated heterocycles. The van der Waals surface area contributed by atoms with Crippen LogP contribution >= 0.6 is 0 Å². The molecule has 0 aliphatic heterocycles. The van der Waals surface area contributed by atoms with Gasteiger partial charge in [0.05, 0.1) is 11.5 Å². The largest absolute Gasteiger partial charge is 0.392 e. The minimum Gasteiger partial charge on any atom is -0.392 e. The van der Waals surface area contributed by atoms with Gasteiger partial charge in [0.25, 0.3) is 0 Å². The summed E-state index contributed by atoms with van der Waals surface area (Å²) in [6, 6.07) is 0. The van der Waals surface area contributed by atoms with Crippen molar-refractivity contribution >= 4 is 12.6 Å². The van der Waals surface area contributed by atoms with Crippen molar-refractivity contribution in [1.82, 2.24) is 0 Å². The average molecular weight is 318 g/mol. The number of aliphatic hydroxyl groups is 1. The van der Waals surface area contributed by atoms with Crippen molar-refractivity contribution in [3.63, 3.8) is 0 Å². The molecule has 3 heteroatoms. The van der Waals surface area contributed by atoms with Crippen LogP contribution in [-0.4, -0.2) is 23.8 Å². The van der Waals surface area contributed by atoms with E-state index in [0.717, 1.165) is 38.3 Å².